The number of rotatable bonds is 7. The largest absolute Gasteiger partial charge is 0.408 e. The summed E-state index contributed by atoms with van der Waals surface area (Å²) in [6, 6.07) is 0. The third-order valence-corrected chi connectivity index (χ3v) is 13.1. The van der Waals surface area contributed by atoms with E-state index >= 15 is 0 Å². The van der Waals surface area contributed by atoms with Gasteiger partial charge >= 0.3 is 0 Å². The zero-order chi connectivity index (χ0) is 22.0. The second-order valence-electron chi connectivity index (χ2n) is 10.3. The number of Topliss-reactive ketones (excluding diaryl/α,β-unsaturated/α-hetero) is 1. The van der Waals surface area contributed by atoms with Crippen molar-refractivity contribution in [2.24, 2.45) is 5.92 Å². The van der Waals surface area contributed by atoms with Crippen molar-refractivity contribution >= 4 is 37.6 Å². The molecule has 0 aliphatic carbocycles. The molecule has 0 spiro atoms. The predicted octanol–water partition coefficient (Wildman–Crippen LogP) is 5.87. The maximum absolute atomic E-state index is 13.4. The molecule has 2 unspecified atom stereocenters. The molecule has 0 aromatic rings. The fourth-order valence-electron chi connectivity index (χ4n) is 3.10. The molecule has 3 atom stereocenters. The number of carbonyl (C=O) groups excluding carboxylic acids is 1. The lowest BCUT2D eigenvalue weighted by Crippen LogP contribution is -2.50. The summed E-state index contributed by atoms with van der Waals surface area (Å²) in [5.74, 6) is 1.80. The van der Waals surface area contributed by atoms with Crippen molar-refractivity contribution in [1.29, 1.82) is 0 Å². The minimum atomic E-state index is -2.07. The number of ketones is 1. The van der Waals surface area contributed by atoms with Crippen LogP contribution in [-0.4, -0.2) is 54.3 Å². The highest BCUT2D eigenvalue weighted by Crippen LogP contribution is 2.42. The third kappa shape index (κ3) is 6.84. The fourth-order valence-corrected chi connectivity index (χ4v) is 7.14. The summed E-state index contributed by atoms with van der Waals surface area (Å²) in [4.78, 5) is 13.4. The molecular weight excluding hydrogens is 420 g/mol. The van der Waals surface area contributed by atoms with Crippen LogP contribution in [0, 0.1) is 5.92 Å². The van der Waals surface area contributed by atoms with Crippen molar-refractivity contribution in [2.75, 3.05) is 11.5 Å². The number of thioether (sulfide) groups is 2. The highest BCUT2D eigenvalue weighted by atomic mass is 32.2. The maximum atomic E-state index is 13.4. The van der Waals surface area contributed by atoms with Gasteiger partial charge in [-0.05, 0) is 55.8 Å². The Morgan fingerprint density at radius 2 is 1.72 bits per heavy atom. The Hall–Kier alpha value is 0.207. The number of hydrogen-bond donors (Lipinski definition) is 0. The summed E-state index contributed by atoms with van der Waals surface area (Å²) < 4.78 is 19.2. The molecule has 29 heavy (non-hydrogen) atoms. The quantitative estimate of drug-likeness (QED) is 0.349. The van der Waals surface area contributed by atoms with Crippen LogP contribution >= 0.6 is 23.5 Å². The Bertz CT molecular complexity index is 592. The molecule has 2 aliphatic rings. The zero-order valence-electron chi connectivity index (χ0n) is 19.6. The van der Waals surface area contributed by atoms with Crippen LogP contribution in [0.1, 0.15) is 54.9 Å². The Labute approximate surface area is 187 Å². The smallest absolute Gasteiger partial charge is 0.193 e. The molecule has 0 bridgehead atoms. The second kappa shape index (κ2) is 9.78. The molecule has 2 saturated heterocycles. The van der Waals surface area contributed by atoms with Crippen LogP contribution in [0.3, 0.4) is 0 Å². The molecule has 2 heterocycles. The van der Waals surface area contributed by atoms with Gasteiger partial charge in [0.2, 0.25) is 0 Å². The van der Waals surface area contributed by atoms with E-state index in [1.54, 1.807) is 23.5 Å². The van der Waals surface area contributed by atoms with Crippen molar-refractivity contribution in [3.05, 3.63) is 12.2 Å². The molecule has 0 amide bonds. The van der Waals surface area contributed by atoms with Gasteiger partial charge in [0, 0.05) is 0 Å². The molecule has 0 radical (unpaired) electrons. The first-order valence-electron chi connectivity index (χ1n) is 10.7. The maximum Gasteiger partial charge on any atom is 0.193 e. The van der Waals surface area contributed by atoms with E-state index in [1.165, 1.54) is 0 Å². The van der Waals surface area contributed by atoms with Gasteiger partial charge in [-0.15, -0.1) is 23.5 Å². The highest BCUT2D eigenvalue weighted by molar-refractivity contribution is 8.18. The summed E-state index contributed by atoms with van der Waals surface area (Å²) in [5, 5.41) is 0.0699. The van der Waals surface area contributed by atoms with E-state index in [0.29, 0.717) is 5.92 Å². The minimum Gasteiger partial charge on any atom is -0.408 e. The van der Waals surface area contributed by atoms with Gasteiger partial charge in [0.25, 0.3) is 0 Å². The van der Waals surface area contributed by atoms with E-state index in [1.807, 2.05) is 13.8 Å². The first-order valence-corrected chi connectivity index (χ1v) is 15.7. The molecule has 168 valence electrons. The van der Waals surface area contributed by atoms with Crippen LogP contribution < -0.4 is 0 Å². The normalized spacial score (nSPS) is 27.7. The summed E-state index contributed by atoms with van der Waals surface area (Å²) in [6.45, 7) is 19.3. The Morgan fingerprint density at radius 3 is 2.24 bits per heavy atom. The molecule has 4 nitrogen and oxygen atoms in total. The molecule has 0 aromatic heterocycles. The Balaban J connectivity index is 2.32. The first kappa shape index (κ1) is 25.5. The summed E-state index contributed by atoms with van der Waals surface area (Å²) in [7, 11) is -2.07. The van der Waals surface area contributed by atoms with Gasteiger partial charge in [-0.1, -0.05) is 46.8 Å². The standard InChI is InChI=1S/C22H40O4S2Si/c1-15(2)11-12-16(26-29(8,9)21(3,4)5)18-19(25-22(6,7)24-18)17(23)20-27-13-10-14-28-20/h11-12,15-16,18-20H,10,13-14H2,1-9H3/b12-11+/t16-,18?,19?/m1/s1. The van der Waals surface area contributed by atoms with Crippen molar-refractivity contribution in [3.8, 4) is 0 Å². The van der Waals surface area contributed by atoms with E-state index in [0.717, 1.165) is 17.9 Å². The Kier molecular flexibility index (Phi) is 8.59. The molecule has 2 rings (SSSR count). The van der Waals surface area contributed by atoms with Gasteiger partial charge < -0.3 is 13.9 Å². The Morgan fingerprint density at radius 1 is 1.14 bits per heavy atom. The van der Waals surface area contributed by atoms with Crippen molar-refractivity contribution in [2.45, 2.75) is 102 Å². The van der Waals surface area contributed by atoms with Gasteiger partial charge in [0.15, 0.2) is 26.0 Å². The lowest BCUT2D eigenvalue weighted by atomic mass is 10.0. The van der Waals surface area contributed by atoms with Crippen molar-refractivity contribution in [1.82, 2.24) is 0 Å². The average Bonchev–Trinajstić information content (AvgIpc) is 2.93. The predicted molar refractivity (Wildman–Crippen MR) is 128 cm³/mol. The van der Waals surface area contributed by atoms with Crippen LogP contribution in [0.25, 0.3) is 0 Å². The van der Waals surface area contributed by atoms with E-state index < -0.39 is 26.3 Å². The summed E-state index contributed by atoms with van der Waals surface area (Å²) in [6.07, 6.45) is 4.09. The van der Waals surface area contributed by atoms with Crippen molar-refractivity contribution in [3.63, 3.8) is 0 Å². The average molecular weight is 461 g/mol. The monoisotopic (exact) mass is 460 g/mol. The molecule has 2 fully saturated rings. The number of hydrogen-bond acceptors (Lipinski definition) is 6. The molecular formula is C22H40O4S2Si. The number of allylic oxidation sites excluding steroid dienone is 1. The van der Waals surface area contributed by atoms with Gasteiger partial charge in [-0.25, -0.2) is 0 Å². The first-order chi connectivity index (χ1) is 13.2. The van der Waals surface area contributed by atoms with Gasteiger partial charge in [0.05, 0.1) is 6.10 Å². The zero-order valence-corrected chi connectivity index (χ0v) is 22.2. The summed E-state index contributed by atoms with van der Waals surface area (Å²) >= 11 is 3.47. The number of carbonyl (C=O) groups is 1. The van der Waals surface area contributed by atoms with Gasteiger partial charge in [-0.3, -0.25) is 4.79 Å². The topological polar surface area (TPSA) is 44.8 Å². The lowest BCUT2D eigenvalue weighted by Gasteiger charge is -2.40. The van der Waals surface area contributed by atoms with Crippen LogP contribution in [0.2, 0.25) is 18.1 Å². The van der Waals surface area contributed by atoms with Crippen LogP contribution in [0.5, 0.6) is 0 Å². The molecule has 0 N–H and O–H groups in total. The second-order valence-corrected chi connectivity index (χ2v) is 17.8. The van der Waals surface area contributed by atoms with Gasteiger partial charge in [0.1, 0.15) is 10.7 Å². The SMILES string of the molecule is CC(C)/C=C/[C@@H](O[Si](C)(C)C(C)(C)C)C1OC(C)(C)OC1C(=O)C1SCCCS1. The molecule has 7 heteroatoms. The third-order valence-electron chi connectivity index (χ3n) is 5.72. The molecule has 2 aliphatic heterocycles. The molecule has 0 aromatic carbocycles. The lowest BCUT2D eigenvalue weighted by molar-refractivity contribution is -0.156. The highest BCUT2D eigenvalue weighted by Gasteiger charge is 2.52. The van der Waals surface area contributed by atoms with E-state index in [9.17, 15) is 4.79 Å². The van der Waals surface area contributed by atoms with Crippen LogP contribution in [0.4, 0.5) is 0 Å². The van der Waals surface area contributed by atoms with Crippen LogP contribution in [0.15, 0.2) is 12.2 Å². The summed E-state index contributed by atoms with van der Waals surface area (Å²) in [5.41, 5.74) is 0. The van der Waals surface area contributed by atoms with Gasteiger partial charge in [-0.2, -0.15) is 0 Å². The van der Waals surface area contributed by atoms with E-state index in [4.69, 9.17) is 13.9 Å². The van der Waals surface area contributed by atoms with Crippen LogP contribution in [-0.2, 0) is 18.7 Å². The fraction of sp³-hybridized carbons (Fsp3) is 0.864. The van der Waals surface area contributed by atoms with Crippen molar-refractivity contribution < 1.29 is 18.7 Å². The molecule has 0 saturated carbocycles. The minimum absolute atomic E-state index is 0.0699. The number of ether oxygens (including phenoxy) is 2. The van der Waals surface area contributed by atoms with E-state index in [2.05, 4.69) is 59.9 Å². The van der Waals surface area contributed by atoms with E-state index in [-0.39, 0.29) is 21.5 Å².